The molecule has 3 aromatic heterocycles. The largest absolute Gasteiger partial charge is 0.309 e. The van der Waals surface area contributed by atoms with Gasteiger partial charge in [-0.05, 0) is 34.9 Å². The van der Waals surface area contributed by atoms with E-state index in [1.54, 1.807) is 11.3 Å². The van der Waals surface area contributed by atoms with Crippen LogP contribution < -0.4 is 0 Å². The summed E-state index contributed by atoms with van der Waals surface area (Å²) in [5.74, 6) is 0.744. The molecule has 0 aliphatic carbocycles. The number of hydrogen-bond acceptors (Lipinski definition) is 3. The van der Waals surface area contributed by atoms with Gasteiger partial charge >= 0.3 is 0 Å². The zero-order valence-corrected chi connectivity index (χ0v) is 27.8. The Labute approximate surface area is 293 Å². The van der Waals surface area contributed by atoms with Crippen LogP contribution in [-0.4, -0.2) is 14.5 Å². The van der Waals surface area contributed by atoms with Crippen LogP contribution in [0.25, 0.3) is 92.7 Å². The fourth-order valence-electron chi connectivity index (χ4n) is 7.33. The molecule has 0 atom stereocenters. The van der Waals surface area contributed by atoms with Gasteiger partial charge in [0.15, 0.2) is 5.82 Å². The number of fused-ring (bicyclic) bond motifs is 6. The predicted molar refractivity (Wildman–Crippen MR) is 211 cm³/mol. The third kappa shape index (κ3) is 4.57. The van der Waals surface area contributed by atoms with E-state index in [1.165, 1.54) is 48.8 Å². The second-order valence-corrected chi connectivity index (χ2v) is 13.6. The summed E-state index contributed by atoms with van der Waals surface area (Å²) < 4.78 is 4.73. The van der Waals surface area contributed by atoms with Crippen molar-refractivity contribution in [1.82, 2.24) is 14.5 Å². The number of aromatic nitrogens is 3. The molecular weight excluding hydrogens is 627 g/mol. The summed E-state index contributed by atoms with van der Waals surface area (Å²) in [6, 6.07) is 62.5. The van der Waals surface area contributed by atoms with Crippen LogP contribution in [-0.2, 0) is 0 Å². The van der Waals surface area contributed by atoms with Crippen LogP contribution in [0.1, 0.15) is 0 Å². The molecule has 0 bridgehead atoms. The Balaban J connectivity index is 1.14. The molecule has 10 rings (SSSR count). The SMILES string of the molecule is c1ccc(-c2nc(-c3ccccc3)c3sc4c(-c5ccc(-c6cccc7c8ccccc8n(-c8ccccc8)c67)cc5)cccc4c3n2)cc1. The minimum Gasteiger partial charge on any atom is -0.309 e. The molecule has 7 aromatic carbocycles. The van der Waals surface area contributed by atoms with Crippen molar-refractivity contribution >= 4 is 53.4 Å². The Bertz CT molecular complexity index is 2840. The standard InChI is InChI=1S/C46H29N3S/c1-4-14-32(15-5-1)41-45-42(48-46(47-41)33-16-6-2-7-17-33)39-24-13-22-36(44(39)50-45)31-28-26-30(27-29-31)35-21-12-23-38-37-20-10-11-25-40(37)49(43(35)38)34-18-8-3-9-19-34/h1-29H. The number of hydrogen-bond donors (Lipinski definition) is 0. The maximum atomic E-state index is 5.19. The van der Waals surface area contributed by atoms with Gasteiger partial charge < -0.3 is 4.57 Å². The number of benzene rings is 7. The van der Waals surface area contributed by atoms with Gasteiger partial charge in [0.2, 0.25) is 0 Å². The summed E-state index contributed by atoms with van der Waals surface area (Å²) in [7, 11) is 0. The highest BCUT2D eigenvalue weighted by atomic mass is 32.1. The lowest BCUT2D eigenvalue weighted by molar-refractivity contribution is 1.18. The van der Waals surface area contributed by atoms with Crippen LogP contribution in [0.15, 0.2) is 176 Å². The van der Waals surface area contributed by atoms with Crippen molar-refractivity contribution in [3.8, 4) is 50.6 Å². The number of rotatable bonds is 5. The smallest absolute Gasteiger partial charge is 0.160 e. The Morgan fingerprint density at radius 3 is 1.72 bits per heavy atom. The first kappa shape index (κ1) is 28.6. The molecule has 0 saturated heterocycles. The minimum absolute atomic E-state index is 0.744. The Morgan fingerprint density at radius 1 is 0.400 bits per heavy atom. The van der Waals surface area contributed by atoms with Gasteiger partial charge in [-0.3, -0.25) is 0 Å². The molecular formula is C46H29N3S. The lowest BCUT2D eigenvalue weighted by Crippen LogP contribution is -1.95. The van der Waals surface area contributed by atoms with Crippen molar-refractivity contribution in [2.45, 2.75) is 0 Å². The number of para-hydroxylation sites is 3. The first-order valence-corrected chi connectivity index (χ1v) is 17.7. The second-order valence-electron chi connectivity index (χ2n) is 12.6. The van der Waals surface area contributed by atoms with Crippen LogP contribution in [0.2, 0.25) is 0 Å². The third-order valence-corrected chi connectivity index (χ3v) is 10.9. The van der Waals surface area contributed by atoms with Gasteiger partial charge in [0, 0.05) is 43.2 Å². The van der Waals surface area contributed by atoms with Gasteiger partial charge in [-0.1, -0.05) is 158 Å². The molecule has 50 heavy (non-hydrogen) atoms. The molecule has 10 aromatic rings. The maximum Gasteiger partial charge on any atom is 0.160 e. The highest BCUT2D eigenvalue weighted by Crippen LogP contribution is 2.44. The maximum absolute atomic E-state index is 5.19. The molecule has 0 fully saturated rings. The van der Waals surface area contributed by atoms with Gasteiger partial charge in [-0.15, -0.1) is 11.3 Å². The Morgan fingerprint density at radius 2 is 0.980 bits per heavy atom. The molecule has 0 unspecified atom stereocenters. The van der Waals surface area contributed by atoms with Crippen LogP contribution in [0.3, 0.4) is 0 Å². The molecule has 0 amide bonds. The summed E-state index contributed by atoms with van der Waals surface area (Å²) >= 11 is 1.78. The van der Waals surface area contributed by atoms with E-state index in [9.17, 15) is 0 Å². The van der Waals surface area contributed by atoms with E-state index < -0.39 is 0 Å². The summed E-state index contributed by atoms with van der Waals surface area (Å²) in [5.41, 5.74) is 12.5. The van der Waals surface area contributed by atoms with Gasteiger partial charge in [-0.2, -0.15) is 0 Å². The van der Waals surface area contributed by atoms with Crippen molar-refractivity contribution in [3.05, 3.63) is 176 Å². The van der Waals surface area contributed by atoms with Crippen LogP contribution in [0.5, 0.6) is 0 Å². The van der Waals surface area contributed by atoms with Crippen molar-refractivity contribution in [3.63, 3.8) is 0 Å². The van der Waals surface area contributed by atoms with Crippen molar-refractivity contribution in [2.75, 3.05) is 0 Å². The van der Waals surface area contributed by atoms with E-state index in [0.717, 1.165) is 43.9 Å². The average molecular weight is 656 g/mol. The molecule has 0 spiro atoms. The summed E-state index contributed by atoms with van der Waals surface area (Å²) in [6.07, 6.45) is 0. The van der Waals surface area contributed by atoms with Crippen LogP contribution in [0, 0.1) is 0 Å². The molecule has 0 radical (unpaired) electrons. The van der Waals surface area contributed by atoms with Crippen molar-refractivity contribution in [1.29, 1.82) is 0 Å². The van der Waals surface area contributed by atoms with E-state index >= 15 is 0 Å². The molecule has 0 saturated carbocycles. The molecule has 0 aliphatic rings. The highest BCUT2D eigenvalue weighted by Gasteiger charge is 2.20. The van der Waals surface area contributed by atoms with Crippen molar-refractivity contribution < 1.29 is 0 Å². The molecule has 3 heterocycles. The first-order chi connectivity index (χ1) is 24.8. The summed E-state index contributed by atoms with van der Waals surface area (Å²) in [5, 5.41) is 3.67. The fourth-order valence-corrected chi connectivity index (χ4v) is 8.61. The fraction of sp³-hybridized carbons (Fsp3) is 0. The van der Waals surface area contributed by atoms with Crippen LogP contribution >= 0.6 is 11.3 Å². The second kappa shape index (κ2) is 11.7. The van der Waals surface area contributed by atoms with Crippen LogP contribution in [0.4, 0.5) is 0 Å². The monoisotopic (exact) mass is 655 g/mol. The lowest BCUT2D eigenvalue weighted by atomic mass is 9.98. The van der Waals surface area contributed by atoms with Gasteiger partial charge in [0.1, 0.15) is 0 Å². The zero-order chi connectivity index (χ0) is 33.0. The van der Waals surface area contributed by atoms with Gasteiger partial charge in [0.05, 0.1) is 26.9 Å². The van der Waals surface area contributed by atoms with Gasteiger partial charge in [0.25, 0.3) is 0 Å². The quantitative estimate of drug-likeness (QED) is 0.185. The molecule has 234 valence electrons. The van der Waals surface area contributed by atoms with E-state index in [0.29, 0.717) is 0 Å². The molecule has 0 aliphatic heterocycles. The highest BCUT2D eigenvalue weighted by molar-refractivity contribution is 7.26. The lowest BCUT2D eigenvalue weighted by Gasteiger charge is -2.12. The zero-order valence-electron chi connectivity index (χ0n) is 27.0. The number of thiophene rings is 1. The summed E-state index contributed by atoms with van der Waals surface area (Å²) in [4.78, 5) is 10.3. The first-order valence-electron chi connectivity index (χ1n) is 16.8. The third-order valence-electron chi connectivity index (χ3n) is 9.64. The topological polar surface area (TPSA) is 30.7 Å². The minimum atomic E-state index is 0.744. The molecule has 0 N–H and O–H groups in total. The molecule has 3 nitrogen and oxygen atoms in total. The predicted octanol–water partition coefficient (Wildman–Crippen LogP) is 12.6. The Hall–Kier alpha value is -6.36. The number of nitrogens with zero attached hydrogens (tertiary/aromatic N) is 3. The van der Waals surface area contributed by atoms with E-state index in [2.05, 4.69) is 162 Å². The molecule has 4 heteroatoms. The van der Waals surface area contributed by atoms with E-state index in [4.69, 9.17) is 9.97 Å². The summed E-state index contributed by atoms with van der Waals surface area (Å²) in [6.45, 7) is 0. The average Bonchev–Trinajstić information content (AvgIpc) is 3.75. The van der Waals surface area contributed by atoms with E-state index in [-0.39, 0.29) is 0 Å². The Kier molecular flexibility index (Phi) is 6.68. The van der Waals surface area contributed by atoms with Gasteiger partial charge in [-0.25, -0.2) is 9.97 Å². The van der Waals surface area contributed by atoms with Crippen molar-refractivity contribution in [2.24, 2.45) is 0 Å². The normalized spacial score (nSPS) is 11.6. The van der Waals surface area contributed by atoms with E-state index in [1.807, 2.05) is 18.2 Å².